The van der Waals surface area contributed by atoms with E-state index in [0.717, 1.165) is 37.6 Å². The van der Waals surface area contributed by atoms with Crippen LogP contribution in [0.4, 0.5) is 17.6 Å². The maximum Gasteiger partial charge on any atom is 0.408 e. The van der Waals surface area contributed by atoms with E-state index in [1.165, 1.54) is 4.72 Å². The van der Waals surface area contributed by atoms with E-state index >= 15 is 0 Å². The van der Waals surface area contributed by atoms with Crippen LogP contribution in [0.25, 0.3) is 0 Å². The Balaban J connectivity index is 2.35. The molecule has 1 N–H and O–H groups in total. The van der Waals surface area contributed by atoms with Gasteiger partial charge >= 0.3 is 12.1 Å². The molecule has 0 amide bonds. The summed E-state index contributed by atoms with van der Waals surface area (Å²) in [7, 11) is -3.59. The van der Waals surface area contributed by atoms with Crippen LogP contribution in [-0.2, 0) is 14.8 Å². The van der Waals surface area contributed by atoms with Crippen molar-refractivity contribution in [3.05, 3.63) is 46.9 Å². The summed E-state index contributed by atoms with van der Waals surface area (Å²) in [6.07, 6.45) is -4.22. The summed E-state index contributed by atoms with van der Waals surface area (Å²) in [5, 5.41) is -0.326. The van der Waals surface area contributed by atoms with Gasteiger partial charge < -0.3 is 4.74 Å². The molecule has 0 aliphatic carbocycles. The number of aromatic nitrogens is 1. The lowest BCUT2D eigenvalue weighted by Crippen LogP contribution is -2.37. The smallest absolute Gasteiger partial charge is 0.408 e. The second kappa shape index (κ2) is 7.06. The number of alkyl halides is 3. The number of hydrogen-bond acceptors (Lipinski definition) is 6. The van der Waals surface area contributed by atoms with Crippen LogP contribution in [0.1, 0.15) is 21.4 Å². The van der Waals surface area contributed by atoms with Crippen molar-refractivity contribution in [1.82, 2.24) is 9.71 Å². The van der Waals surface area contributed by atoms with Gasteiger partial charge in [-0.05, 0) is 17.7 Å². The fourth-order valence-electron chi connectivity index (χ4n) is 1.76. The zero-order valence-electron chi connectivity index (χ0n) is 12.4. The van der Waals surface area contributed by atoms with Crippen LogP contribution in [0.15, 0.2) is 34.7 Å². The van der Waals surface area contributed by atoms with Crippen LogP contribution >= 0.6 is 11.3 Å². The van der Waals surface area contributed by atoms with Gasteiger partial charge in [0.05, 0.1) is 13.3 Å². The molecule has 25 heavy (non-hydrogen) atoms. The van der Waals surface area contributed by atoms with Gasteiger partial charge in [-0.15, -0.1) is 0 Å². The maximum absolute atomic E-state index is 13.2. The molecular formula is C13H10F4N2O4S2. The molecule has 0 aliphatic heterocycles. The summed E-state index contributed by atoms with van der Waals surface area (Å²) < 4.78 is 82.2. The number of halogens is 4. The predicted octanol–water partition coefficient (Wildman–Crippen LogP) is 2.65. The van der Waals surface area contributed by atoms with E-state index in [2.05, 4.69) is 9.72 Å². The molecule has 1 heterocycles. The fraction of sp³-hybridized carbons (Fsp3) is 0.231. The number of carbonyl (C=O) groups excluding carboxylic acids is 1. The highest BCUT2D eigenvalue weighted by atomic mass is 32.2. The largest absolute Gasteiger partial charge is 0.464 e. The lowest BCUT2D eigenvalue weighted by atomic mass is 10.1. The minimum absolute atomic E-state index is 0.326. The number of ether oxygens (including phenoxy) is 1. The van der Waals surface area contributed by atoms with E-state index in [0.29, 0.717) is 11.3 Å². The normalized spacial score (nSPS) is 13.5. The van der Waals surface area contributed by atoms with Gasteiger partial charge in [0.2, 0.25) is 5.01 Å². The molecule has 0 bridgehead atoms. The van der Waals surface area contributed by atoms with Gasteiger partial charge in [-0.25, -0.2) is 22.6 Å². The molecule has 0 saturated heterocycles. The van der Waals surface area contributed by atoms with E-state index in [-0.39, 0.29) is 5.01 Å². The Labute approximate surface area is 143 Å². The number of thiazole rings is 1. The number of benzene rings is 1. The minimum atomic E-state index is -4.97. The van der Waals surface area contributed by atoms with Crippen LogP contribution in [0.5, 0.6) is 0 Å². The number of rotatable bonds is 5. The van der Waals surface area contributed by atoms with Crippen LogP contribution in [0, 0.1) is 5.82 Å². The first-order valence-electron chi connectivity index (χ1n) is 6.43. The van der Waals surface area contributed by atoms with Crippen LogP contribution < -0.4 is 4.72 Å². The Morgan fingerprint density at radius 2 is 1.88 bits per heavy atom. The van der Waals surface area contributed by atoms with E-state index in [4.69, 9.17) is 0 Å². The quantitative estimate of drug-likeness (QED) is 0.618. The molecule has 136 valence electrons. The number of carbonyl (C=O) groups is 1. The zero-order valence-corrected chi connectivity index (χ0v) is 14.0. The first-order valence-corrected chi connectivity index (χ1v) is 8.73. The molecular weight excluding hydrogens is 388 g/mol. The lowest BCUT2D eigenvalue weighted by Gasteiger charge is -2.21. The molecule has 1 atom stereocenters. The van der Waals surface area contributed by atoms with Gasteiger partial charge in [0, 0.05) is 0 Å². The van der Waals surface area contributed by atoms with E-state index in [1.54, 1.807) is 0 Å². The standard InChI is InChI=1S/C13H10F4N2O4S2/c1-23-12(20)11-18-6-9(24-11)25(21,22)19-10(13(15,16)17)7-2-4-8(14)5-3-7/h2-6,10,19H,1H3. The molecule has 0 fully saturated rings. The zero-order chi connectivity index (χ0) is 18.8. The fourth-order valence-corrected chi connectivity index (χ4v) is 4.03. The Morgan fingerprint density at radius 1 is 1.28 bits per heavy atom. The molecule has 0 aliphatic rings. The van der Waals surface area contributed by atoms with Crippen LogP contribution in [0.2, 0.25) is 0 Å². The average Bonchev–Trinajstić information content (AvgIpc) is 3.03. The second-order valence-corrected chi connectivity index (χ2v) is 7.59. The van der Waals surface area contributed by atoms with Crippen molar-refractivity contribution in [2.24, 2.45) is 0 Å². The predicted molar refractivity (Wildman–Crippen MR) is 79.0 cm³/mol. The topological polar surface area (TPSA) is 85.4 Å². The molecule has 1 unspecified atom stereocenters. The molecule has 0 radical (unpaired) electrons. The van der Waals surface area contributed by atoms with Crippen molar-refractivity contribution >= 4 is 27.3 Å². The SMILES string of the molecule is COC(=O)c1ncc(S(=O)(=O)NC(c2ccc(F)cc2)C(F)(F)F)s1. The van der Waals surface area contributed by atoms with Crippen molar-refractivity contribution in [2.45, 2.75) is 16.4 Å². The monoisotopic (exact) mass is 398 g/mol. The number of esters is 1. The molecule has 0 saturated carbocycles. The molecule has 2 aromatic rings. The van der Waals surface area contributed by atoms with Gasteiger partial charge in [0.25, 0.3) is 10.0 Å². The number of methoxy groups -OCH3 is 1. The Bertz CT molecular complexity index is 863. The van der Waals surface area contributed by atoms with Crippen molar-refractivity contribution in [3.8, 4) is 0 Å². The number of sulfonamides is 1. The number of hydrogen-bond donors (Lipinski definition) is 1. The third-order valence-corrected chi connectivity index (χ3v) is 5.77. The molecule has 1 aromatic carbocycles. The van der Waals surface area contributed by atoms with Crippen molar-refractivity contribution < 1.29 is 35.5 Å². The Kier molecular flexibility index (Phi) is 5.44. The first kappa shape index (κ1) is 19.3. The second-order valence-electron chi connectivity index (χ2n) is 4.62. The van der Waals surface area contributed by atoms with E-state index in [1.807, 2.05) is 0 Å². The lowest BCUT2D eigenvalue weighted by molar-refractivity contribution is -0.153. The third-order valence-electron chi connectivity index (χ3n) is 2.91. The highest BCUT2D eigenvalue weighted by Gasteiger charge is 2.43. The first-order chi connectivity index (χ1) is 11.5. The summed E-state index contributed by atoms with van der Waals surface area (Å²) in [4.78, 5) is 14.8. The summed E-state index contributed by atoms with van der Waals surface area (Å²) in [6, 6.07) is 0.613. The van der Waals surface area contributed by atoms with Crippen LogP contribution in [0.3, 0.4) is 0 Å². The average molecular weight is 398 g/mol. The third kappa shape index (κ3) is 4.52. The summed E-state index contributed by atoms with van der Waals surface area (Å²) in [5.74, 6) is -1.69. The van der Waals surface area contributed by atoms with Gasteiger partial charge in [0.1, 0.15) is 11.9 Å². The highest BCUT2D eigenvalue weighted by Crippen LogP contribution is 2.34. The number of nitrogens with one attached hydrogen (secondary N) is 1. The summed E-state index contributed by atoms with van der Waals surface area (Å²) in [6.45, 7) is 0. The van der Waals surface area contributed by atoms with Gasteiger partial charge in [-0.3, -0.25) is 0 Å². The van der Waals surface area contributed by atoms with Crippen molar-refractivity contribution in [3.63, 3.8) is 0 Å². The molecule has 2 rings (SSSR count). The summed E-state index contributed by atoms with van der Waals surface area (Å²) >= 11 is 0.359. The Morgan fingerprint density at radius 3 is 2.40 bits per heavy atom. The van der Waals surface area contributed by atoms with Crippen LogP contribution in [-0.4, -0.2) is 32.7 Å². The van der Waals surface area contributed by atoms with E-state index < -0.39 is 43.8 Å². The van der Waals surface area contributed by atoms with Gasteiger partial charge in [0.15, 0.2) is 4.21 Å². The van der Waals surface area contributed by atoms with Crippen molar-refractivity contribution in [1.29, 1.82) is 0 Å². The molecule has 12 heteroatoms. The minimum Gasteiger partial charge on any atom is -0.464 e. The number of nitrogens with zero attached hydrogens (tertiary/aromatic N) is 1. The van der Waals surface area contributed by atoms with Crippen molar-refractivity contribution in [2.75, 3.05) is 7.11 Å². The highest BCUT2D eigenvalue weighted by molar-refractivity contribution is 7.91. The molecule has 6 nitrogen and oxygen atoms in total. The van der Waals surface area contributed by atoms with Gasteiger partial charge in [-0.2, -0.15) is 17.9 Å². The molecule has 0 spiro atoms. The Hall–Kier alpha value is -2.05. The van der Waals surface area contributed by atoms with Gasteiger partial charge in [-0.1, -0.05) is 23.5 Å². The molecule has 1 aromatic heterocycles. The summed E-state index contributed by atoms with van der Waals surface area (Å²) in [5.41, 5.74) is -0.491. The van der Waals surface area contributed by atoms with E-state index in [9.17, 15) is 30.8 Å². The maximum atomic E-state index is 13.2.